The number of carbonyl (C=O) groups is 1. The van der Waals surface area contributed by atoms with Crippen LogP contribution in [-0.2, 0) is 12.6 Å². The highest BCUT2D eigenvalue weighted by atomic mass is 19.4. The Morgan fingerprint density at radius 3 is 2.52 bits per heavy atom. The van der Waals surface area contributed by atoms with Gasteiger partial charge in [0.1, 0.15) is 11.5 Å². The molecule has 0 atom stereocenters. The van der Waals surface area contributed by atoms with Crippen LogP contribution in [0.3, 0.4) is 0 Å². The summed E-state index contributed by atoms with van der Waals surface area (Å²) in [5.74, 6) is 0.424. The van der Waals surface area contributed by atoms with Crippen LogP contribution < -0.4 is 0 Å². The molecule has 0 saturated carbocycles. The van der Waals surface area contributed by atoms with Crippen molar-refractivity contribution >= 4 is 5.78 Å². The fourth-order valence-corrected chi connectivity index (χ4v) is 2.31. The molecule has 2 heterocycles. The van der Waals surface area contributed by atoms with Crippen molar-refractivity contribution in [2.75, 3.05) is 0 Å². The second-order valence-electron chi connectivity index (χ2n) is 5.42. The van der Waals surface area contributed by atoms with Gasteiger partial charge in [-0.05, 0) is 24.3 Å². The summed E-state index contributed by atoms with van der Waals surface area (Å²) in [6.45, 7) is 0. The average Bonchev–Trinajstić information content (AvgIpc) is 3.09. The number of Topliss-reactive ketones (excluding diaryl/α,β-unsaturated/α-hetero) is 1. The van der Waals surface area contributed by atoms with Crippen LogP contribution in [0.5, 0.6) is 0 Å². The maximum atomic E-state index is 12.6. The highest BCUT2D eigenvalue weighted by molar-refractivity contribution is 5.95. The number of nitrogens with zero attached hydrogens (tertiary/aromatic N) is 2. The molecule has 0 N–H and O–H groups in total. The van der Waals surface area contributed by atoms with Crippen LogP contribution in [0.15, 0.2) is 59.4 Å². The summed E-state index contributed by atoms with van der Waals surface area (Å²) < 4.78 is 42.9. The third-order valence-corrected chi connectivity index (χ3v) is 3.65. The molecule has 0 radical (unpaired) electrons. The number of halogens is 3. The molecule has 3 aromatic rings. The van der Waals surface area contributed by atoms with E-state index in [0.29, 0.717) is 29.0 Å². The maximum Gasteiger partial charge on any atom is 0.416 e. The van der Waals surface area contributed by atoms with Gasteiger partial charge in [-0.15, -0.1) is 0 Å². The number of rotatable bonds is 5. The molecule has 0 aliphatic rings. The van der Waals surface area contributed by atoms with E-state index in [4.69, 9.17) is 4.52 Å². The predicted molar refractivity (Wildman–Crippen MR) is 83.8 cm³/mol. The Kier molecular flexibility index (Phi) is 4.65. The first-order chi connectivity index (χ1) is 11.9. The Morgan fingerprint density at radius 1 is 1.12 bits per heavy atom. The third-order valence-electron chi connectivity index (χ3n) is 3.65. The molecular weight excluding hydrogens is 333 g/mol. The largest absolute Gasteiger partial charge is 0.416 e. The lowest BCUT2D eigenvalue weighted by Crippen LogP contribution is -2.03. The normalized spacial score (nSPS) is 11.5. The van der Waals surface area contributed by atoms with Gasteiger partial charge in [-0.3, -0.25) is 9.78 Å². The van der Waals surface area contributed by atoms with Crippen LogP contribution in [0.25, 0.3) is 11.3 Å². The minimum atomic E-state index is -4.37. The molecule has 1 aromatic carbocycles. The van der Waals surface area contributed by atoms with E-state index < -0.39 is 11.7 Å². The topological polar surface area (TPSA) is 56.0 Å². The fraction of sp³-hybridized carbons (Fsp3) is 0.167. The molecule has 128 valence electrons. The van der Waals surface area contributed by atoms with Crippen molar-refractivity contribution in [3.8, 4) is 11.3 Å². The van der Waals surface area contributed by atoms with E-state index in [-0.39, 0.29) is 12.2 Å². The van der Waals surface area contributed by atoms with Crippen LogP contribution in [0.1, 0.15) is 28.1 Å². The molecule has 0 spiro atoms. The summed E-state index contributed by atoms with van der Waals surface area (Å²) in [4.78, 5) is 15.9. The van der Waals surface area contributed by atoms with Gasteiger partial charge in [-0.2, -0.15) is 13.2 Å². The minimum absolute atomic E-state index is 0.0689. The number of carbonyl (C=O) groups excluding carboxylic acids is 1. The van der Waals surface area contributed by atoms with Gasteiger partial charge in [0.25, 0.3) is 0 Å². The molecule has 0 unspecified atom stereocenters. The van der Waals surface area contributed by atoms with Crippen molar-refractivity contribution in [3.05, 3.63) is 71.7 Å². The monoisotopic (exact) mass is 346 g/mol. The van der Waals surface area contributed by atoms with Gasteiger partial charge in [-0.1, -0.05) is 17.3 Å². The second kappa shape index (κ2) is 6.88. The van der Waals surface area contributed by atoms with Crippen molar-refractivity contribution in [2.45, 2.75) is 19.0 Å². The molecule has 4 nitrogen and oxygen atoms in total. The molecule has 2 aromatic heterocycles. The first-order valence-electron chi connectivity index (χ1n) is 7.50. The SMILES string of the molecule is O=C(CCc1cc(-c2ccc(C(F)(F)F)cc2)no1)c1cccnc1. The molecular formula is C18H13F3N2O2. The summed E-state index contributed by atoms with van der Waals surface area (Å²) in [5, 5.41) is 3.85. The van der Waals surface area contributed by atoms with Gasteiger partial charge >= 0.3 is 6.18 Å². The summed E-state index contributed by atoms with van der Waals surface area (Å²) in [6.07, 6.45) is -0.714. The lowest BCUT2D eigenvalue weighted by Gasteiger charge is -2.06. The number of hydrogen-bond donors (Lipinski definition) is 0. The zero-order valence-electron chi connectivity index (χ0n) is 13.0. The van der Waals surface area contributed by atoms with Crippen molar-refractivity contribution in [3.63, 3.8) is 0 Å². The van der Waals surface area contributed by atoms with Crippen LogP contribution in [-0.4, -0.2) is 15.9 Å². The number of alkyl halides is 3. The van der Waals surface area contributed by atoms with Gasteiger partial charge in [0, 0.05) is 42.4 Å². The van der Waals surface area contributed by atoms with E-state index in [1.165, 1.54) is 18.3 Å². The highest BCUT2D eigenvalue weighted by Gasteiger charge is 2.30. The van der Waals surface area contributed by atoms with E-state index in [1.807, 2.05) is 0 Å². The van der Waals surface area contributed by atoms with Crippen molar-refractivity contribution in [2.24, 2.45) is 0 Å². The lowest BCUT2D eigenvalue weighted by molar-refractivity contribution is -0.137. The summed E-state index contributed by atoms with van der Waals surface area (Å²) in [6, 6.07) is 9.66. The Bertz CT molecular complexity index is 856. The van der Waals surface area contributed by atoms with Crippen LogP contribution >= 0.6 is 0 Å². The number of benzene rings is 1. The van der Waals surface area contributed by atoms with Crippen LogP contribution in [0.2, 0.25) is 0 Å². The summed E-state index contributed by atoms with van der Waals surface area (Å²) in [7, 11) is 0. The quantitative estimate of drug-likeness (QED) is 0.635. The molecule has 0 fully saturated rings. The molecule has 25 heavy (non-hydrogen) atoms. The van der Waals surface area contributed by atoms with Crippen LogP contribution in [0.4, 0.5) is 13.2 Å². The Morgan fingerprint density at radius 2 is 1.88 bits per heavy atom. The van der Waals surface area contributed by atoms with Gasteiger partial charge in [0.15, 0.2) is 5.78 Å². The minimum Gasteiger partial charge on any atom is -0.361 e. The molecule has 0 saturated heterocycles. The van der Waals surface area contributed by atoms with E-state index in [9.17, 15) is 18.0 Å². The van der Waals surface area contributed by atoms with Gasteiger partial charge in [0.2, 0.25) is 0 Å². The molecule has 0 amide bonds. The predicted octanol–water partition coefficient (Wildman–Crippen LogP) is 4.57. The third kappa shape index (κ3) is 4.12. The Labute approximate surface area is 141 Å². The first-order valence-corrected chi connectivity index (χ1v) is 7.50. The molecule has 0 aliphatic heterocycles. The smallest absolute Gasteiger partial charge is 0.361 e. The highest BCUT2D eigenvalue weighted by Crippen LogP contribution is 2.30. The van der Waals surface area contributed by atoms with Gasteiger partial charge in [0.05, 0.1) is 5.56 Å². The summed E-state index contributed by atoms with van der Waals surface area (Å²) >= 11 is 0. The fourth-order valence-electron chi connectivity index (χ4n) is 2.31. The first kappa shape index (κ1) is 16.9. The summed E-state index contributed by atoms with van der Waals surface area (Å²) in [5.41, 5.74) is 0.742. The average molecular weight is 346 g/mol. The number of hydrogen-bond acceptors (Lipinski definition) is 4. The lowest BCUT2D eigenvalue weighted by atomic mass is 10.1. The molecule has 0 aliphatic carbocycles. The van der Waals surface area contributed by atoms with Crippen molar-refractivity contribution in [1.29, 1.82) is 0 Å². The Hall–Kier alpha value is -2.96. The zero-order valence-corrected chi connectivity index (χ0v) is 13.0. The molecule has 0 bridgehead atoms. The van der Waals surface area contributed by atoms with E-state index >= 15 is 0 Å². The van der Waals surface area contributed by atoms with Crippen molar-refractivity contribution < 1.29 is 22.5 Å². The second-order valence-corrected chi connectivity index (χ2v) is 5.42. The zero-order chi connectivity index (χ0) is 17.9. The number of ketones is 1. The van der Waals surface area contributed by atoms with Gasteiger partial charge < -0.3 is 4.52 Å². The van der Waals surface area contributed by atoms with E-state index in [2.05, 4.69) is 10.1 Å². The number of pyridine rings is 1. The number of aromatic nitrogens is 2. The Balaban J connectivity index is 1.65. The standard InChI is InChI=1S/C18H13F3N2O2/c19-18(20,21)14-5-3-12(4-6-14)16-10-15(25-23-16)7-8-17(24)13-2-1-9-22-11-13/h1-6,9-11H,7-8H2. The number of aryl methyl sites for hydroxylation is 1. The molecule has 3 rings (SSSR count). The molecule has 7 heteroatoms. The van der Waals surface area contributed by atoms with E-state index in [0.717, 1.165) is 12.1 Å². The van der Waals surface area contributed by atoms with Crippen LogP contribution in [0, 0.1) is 0 Å². The van der Waals surface area contributed by atoms with Crippen molar-refractivity contribution in [1.82, 2.24) is 10.1 Å². The van der Waals surface area contributed by atoms with Gasteiger partial charge in [-0.25, -0.2) is 0 Å². The van der Waals surface area contributed by atoms with E-state index in [1.54, 1.807) is 24.4 Å². The maximum absolute atomic E-state index is 12.6.